The van der Waals surface area contributed by atoms with Crippen molar-refractivity contribution in [2.45, 2.75) is 70.4 Å². The number of pyridine rings is 2. The van der Waals surface area contributed by atoms with Crippen LogP contribution < -0.4 is 9.80 Å². The van der Waals surface area contributed by atoms with Crippen LogP contribution in [0.15, 0.2) is 102 Å². The second-order valence-corrected chi connectivity index (χ2v) is 15.6. The summed E-state index contributed by atoms with van der Waals surface area (Å²) < 4.78 is 13.3. The Morgan fingerprint density at radius 1 is 0.704 bits per heavy atom. The molecular weight excluding hydrogens is 679 g/mol. The van der Waals surface area contributed by atoms with Gasteiger partial charge >= 0.3 is 0 Å². The molecule has 11 heteroatoms. The maximum atomic E-state index is 13.0. The quantitative estimate of drug-likeness (QED) is 0.174. The molecular formula is C43H41N7O4. The van der Waals surface area contributed by atoms with Crippen LogP contribution in [-0.2, 0) is 25.2 Å². The van der Waals surface area contributed by atoms with Crippen LogP contribution in [0.1, 0.15) is 57.4 Å². The first-order valence-corrected chi connectivity index (χ1v) is 18.4. The molecule has 0 atom stereocenters. The number of fused-ring (bicyclic) bond motifs is 2. The Bertz CT molecular complexity index is 2410. The maximum Gasteiger partial charge on any atom is 0.237 e. The highest BCUT2D eigenvalue weighted by molar-refractivity contribution is 6.09. The van der Waals surface area contributed by atoms with Crippen LogP contribution in [0.3, 0.4) is 0 Å². The van der Waals surface area contributed by atoms with E-state index in [-0.39, 0.29) is 17.9 Å². The summed E-state index contributed by atoms with van der Waals surface area (Å²) in [5.74, 6) is 1.59. The number of oxazole rings is 1. The Morgan fingerprint density at radius 2 is 1.37 bits per heavy atom. The van der Waals surface area contributed by atoms with Gasteiger partial charge in [-0.25, -0.2) is 9.97 Å². The molecule has 4 aromatic heterocycles. The van der Waals surface area contributed by atoms with Gasteiger partial charge in [0, 0.05) is 59.0 Å². The Kier molecular flexibility index (Phi) is 7.89. The molecule has 0 N–H and O–H groups in total. The van der Waals surface area contributed by atoms with Crippen molar-refractivity contribution in [3.63, 3.8) is 0 Å². The minimum absolute atomic E-state index is 0.128. The van der Waals surface area contributed by atoms with Gasteiger partial charge in [-0.1, -0.05) is 18.2 Å². The van der Waals surface area contributed by atoms with Gasteiger partial charge in [0.1, 0.15) is 0 Å². The molecule has 54 heavy (non-hydrogen) atoms. The number of nitrogens with zero attached hydrogens (tertiary/aromatic N) is 7. The highest BCUT2D eigenvalue weighted by Gasteiger charge is 2.50. The maximum absolute atomic E-state index is 13.0. The van der Waals surface area contributed by atoms with Crippen molar-refractivity contribution in [2.75, 3.05) is 23.0 Å². The molecule has 1 saturated carbocycles. The summed E-state index contributed by atoms with van der Waals surface area (Å²) in [6.07, 6.45) is 13.0. The van der Waals surface area contributed by atoms with Gasteiger partial charge in [0.15, 0.2) is 5.76 Å². The van der Waals surface area contributed by atoms with Gasteiger partial charge in [-0.3, -0.25) is 19.6 Å². The first-order valence-electron chi connectivity index (χ1n) is 18.4. The molecule has 0 bridgehead atoms. The third kappa shape index (κ3) is 5.61. The number of amides is 2. The SMILES string of the molecule is CC1(C)C(=O)N(C2COC2)c2cc(-n3cnc(-c4ccncc4)c3)ccc21.Cc1ccc(-c2ncc(-c3ccc4c(c3)N(C3CC3)C(=O)C4(C)C)o2)cn1. The van der Waals surface area contributed by atoms with Gasteiger partial charge in [0.2, 0.25) is 17.7 Å². The normalized spacial score (nSPS) is 18.2. The van der Waals surface area contributed by atoms with E-state index in [9.17, 15) is 9.59 Å². The van der Waals surface area contributed by atoms with E-state index in [4.69, 9.17) is 9.15 Å². The number of aryl methyl sites for hydroxylation is 1. The molecule has 1 aliphatic carbocycles. The molecule has 3 aliphatic heterocycles. The molecule has 7 heterocycles. The number of benzene rings is 2. The van der Waals surface area contributed by atoms with E-state index < -0.39 is 10.8 Å². The van der Waals surface area contributed by atoms with Gasteiger partial charge < -0.3 is 23.5 Å². The van der Waals surface area contributed by atoms with Crippen LogP contribution in [0, 0.1) is 6.92 Å². The zero-order chi connectivity index (χ0) is 37.4. The van der Waals surface area contributed by atoms with Crippen molar-refractivity contribution in [1.82, 2.24) is 24.5 Å². The van der Waals surface area contributed by atoms with Crippen LogP contribution in [-0.4, -0.2) is 61.6 Å². The van der Waals surface area contributed by atoms with Crippen molar-refractivity contribution in [3.8, 4) is 39.7 Å². The highest BCUT2D eigenvalue weighted by Crippen LogP contribution is 2.48. The van der Waals surface area contributed by atoms with Crippen molar-refractivity contribution in [1.29, 1.82) is 0 Å². The minimum Gasteiger partial charge on any atom is -0.436 e. The number of carbonyl (C=O) groups excluding carboxylic acids is 2. The zero-order valence-corrected chi connectivity index (χ0v) is 31.0. The predicted octanol–water partition coefficient (Wildman–Crippen LogP) is 7.46. The lowest BCUT2D eigenvalue weighted by atomic mass is 9.86. The zero-order valence-electron chi connectivity index (χ0n) is 31.0. The fourth-order valence-electron chi connectivity index (χ4n) is 7.57. The molecule has 1 saturated heterocycles. The minimum atomic E-state index is -0.513. The standard InChI is InChI=1S/C22H21N3O2.C21H20N4O2/c1-13-4-5-15(11-23-13)20-24-12-19(27-20)14-6-9-17-18(10-14)25(16-7-8-16)21(26)22(17,2)3;1-21(2)17-4-3-15(9-19(17)25(20(21)26)16-11-27-12-16)24-10-18(23-13-24)14-5-7-22-8-6-14/h4-6,9-12,16H,7-8H2,1-3H3;3-10,13,16H,11-12H2,1-2H3. The number of carbonyl (C=O) groups is 2. The van der Waals surface area contributed by atoms with Gasteiger partial charge in [-0.05, 0) is 101 Å². The van der Waals surface area contributed by atoms with Crippen molar-refractivity contribution >= 4 is 23.2 Å². The molecule has 10 rings (SSSR count). The average Bonchev–Trinajstić information content (AvgIpc) is 3.49. The second kappa shape index (κ2) is 12.6. The van der Waals surface area contributed by atoms with Gasteiger partial charge in [-0.2, -0.15) is 0 Å². The van der Waals surface area contributed by atoms with Crippen molar-refractivity contribution in [3.05, 3.63) is 115 Å². The molecule has 2 amide bonds. The molecule has 0 spiro atoms. The lowest BCUT2D eigenvalue weighted by Gasteiger charge is -2.35. The largest absolute Gasteiger partial charge is 0.436 e. The Balaban J connectivity index is 0.000000142. The number of aromatic nitrogens is 5. The number of ether oxygens (including phenoxy) is 1. The number of hydrogen-bond donors (Lipinski definition) is 0. The third-order valence-electron chi connectivity index (χ3n) is 11.1. The summed E-state index contributed by atoms with van der Waals surface area (Å²) in [4.78, 5) is 47.1. The van der Waals surface area contributed by atoms with Crippen LogP contribution in [0.25, 0.3) is 39.7 Å². The van der Waals surface area contributed by atoms with E-state index in [0.29, 0.717) is 30.9 Å². The van der Waals surface area contributed by atoms with Crippen LogP contribution in [0.5, 0.6) is 0 Å². The Hall–Kier alpha value is -5.94. The topological polar surface area (TPSA) is 119 Å². The van der Waals surface area contributed by atoms with Crippen LogP contribution >= 0.6 is 0 Å². The van der Waals surface area contributed by atoms with E-state index in [1.807, 2.05) is 91.6 Å². The van der Waals surface area contributed by atoms with Crippen molar-refractivity contribution < 1.29 is 18.7 Å². The van der Waals surface area contributed by atoms with Crippen molar-refractivity contribution in [2.24, 2.45) is 0 Å². The first kappa shape index (κ1) is 33.9. The van der Waals surface area contributed by atoms with E-state index in [0.717, 1.165) is 69.1 Å². The van der Waals surface area contributed by atoms with Gasteiger partial charge in [0.25, 0.3) is 0 Å². The van der Waals surface area contributed by atoms with Crippen LogP contribution in [0.2, 0.25) is 0 Å². The molecule has 2 fully saturated rings. The van der Waals surface area contributed by atoms with Crippen LogP contribution in [0.4, 0.5) is 11.4 Å². The summed E-state index contributed by atoms with van der Waals surface area (Å²) in [5.41, 5.74) is 8.80. The monoisotopic (exact) mass is 719 g/mol. The number of anilines is 2. The van der Waals surface area contributed by atoms with E-state index in [1.165, 1.54) is 0 Å². The molecule has 4 aliphatic rings. The third-order valence-corrected chi connectivity index (χ3v) is 11.1. The summed E-state index contributed by atoms with van der Waals surface area (Å²) in [5, 5.41) is 0. The molecule has 6 aromatic rings. The molecule has 272 valence electrons. The van der Waals surface area contributed by atoms with Gasteiger partial charge in [0.05, 0.1) is 59.6 Å². The van der Waals surface area contributed by atoms with E-state index in [2.05, 4.69) is 44.2 Å². The predicted molar refractivity (Wildman–Crippen MR) is 205 cm³/mol. The first-order chi connectivity index (χ1) is 26.0. The highest BCUT2D eigenvalue weighted by atomic mass is 16.5. The average molecular weight is 720 g/mol. The second-order valence-electron chi connectivity index (χ2n) is 15.6. The summed E-state index contributed by atoms with van der Waals surface area (Å²) in [6.45, 7) is 11.1. The number of imidazole rings is 1. The molecule has 11 nitrogen and oxygen atoms in total. The molecule has 0 unspecified atom stereocenters. The molecule has 2 aromatic carbocycles. The lowest BCUT2D eigenvalue weighted by Crippen LogP contribution is -2.52. The Labute approximate surface area is 313 Å². The van der Waals surface area contributed by atoms with E-state index >= 15 is 0 Å². The number of hydrogen-bond acceptors (Lipinski definition) is 8. The van der Waals surface area contributed by atoms with E-state index in [1.54, 1.807) is 31.1 Å². The lowest BCUT2D eigenvalue weighted by molar-refractivity contribution is -0.124. The fraction of sp³-hybridized carbons (Fsp3) is 0.302. The Morgan fingerprint density at radius 3 is 2.02 bits per heavy atom. The molecule has 0 radical (unpaired) electrons. The summed E-state index contributed by atoms with van der Waals surface area (Å²) >= 11 is 0. The number of rotatable bonds is 6. The smallest absolute Gasteiger partial charge is 0.237 e. The summed E-state index contributed by atoms with van der Waals surface area (Å²) in [7, 11) is 0. The summed E-state index contributed by atoms with van der Waals surface area (Å²) in [6, 6.07) is 20.6. The van der Waals surface area contributed by atoms with Gasteiger partial charge in [-0.15, -0.1) is 0 Å². The fourth-order valence-corrected chi connectivity index (χ4v) is 7.57.